The standard InChI is InChI=1S/C29H22N2/c1-21-10-9-14-23(18-21)26-15-7-8-17-28(26)30-20-25-19-24-13-5-6-16-27(24)29(31-25)22-11-3-2-4-12-22/h2-20H,1H3. The fraction of sp³-hybridized carbons (Fsp3) is 0.0345. The van der Waals surface area contributed by atoms with Gasteiger partial charge in [-0.3, -0.25) is 4.99 Å². The van der Waals surface area contributed by atoms with Crippen LogP contribution in [0.1, 0.15) is 11.3 Å². The maximum atomic E-state index is 4.95. The number of para-hydroxylation sites is 1. The predicted octanol–water partition coefficient (Wildman–Crippen LogP) is 7.63. The lowest BCUT2D eigenvalue weighted by molar-refractivity contribution is 1.33. The van der Waals surface area contributed by atoms with Gasteiger partial charge in [0.05, 0.1) is 23.3 Å². The van der Waals surface area contributed by atoms with Crippen LogP contribution in [0.3, 0.4) is 0 Å². The minimum Gasteiger partial charge on any atom is -0.254 e. The van der Waals surface area contributed by atoms with Crippen LogP contribution in [-0.2, 0) is 0 Å². The van der Waals surface area contributed by atoms with E-state index in [4.69, 9.17) is 9.98 Å². The molecule has 0 atom stereocenters. The largest absolute Gasteiger partial charge is 0.254 e. The molecule has 0 aliphatic carbocycles. The summed E-state index contributed by atoms with van der Waals surface area (Å²) in [5, 5.41) is 2.30. The molecule has 0 unspecified atom stereocenters. The Hall–Kier alpha value is -4.04. The molecule has 0 N–H and O–H groups in total. The highest BCUT2D eigenvalue weighted by Crippen LogP contribution is 2.31. The number of nitrogens with zero attached hydrogens (tertiary/aromatic N) is 2. The van der Waals surface area contributed by atoms with Crippen LogP contribution in [0.5, 0.6) is 0 Å². The molecule has 5 aromatic rings. The second-order valence-electron chi connectivity index (χ2n) is 7.63. The van der Waals surface area contributed by atoms with Crippen LogP contribution in [-0.4, -0.2) is 11.2 Å². The first kappa shape index (κ1) is 19.0. The fourth-order valence-electron chi connectivity index (χ4n) is 3.88. The Kier molecular flexibility index (Phi) is 5.12. The number of pyridine rings is 1. The smallest absolute Gasteiger partial charge is 0.0826 e. The molecule has 0 fully saturated rings. The number of rotatable bonds is 4. The minimum absolute atomic E-state index is 0.844. The topological polar surface area (TPSA) is 25.2 Å². The molecule has 1 heterocycles. The molecule has 5 rings (SSSR count). The number of benzene rings is 4. The third kappa shape index (κ3) is 4.01. The van der Waals surface area contributed by atoms with Gasteiger partial charge in [-0.05, 0) is 30.0 Å². The summed E-state index contributed by atoms with van der Waals surface area (Å²) in [7, 11) is 0. The van der Waals surface area contributed by atoms with E-state index < -0.39 is 0 Å². The number of hydrogen-bond acceptors (Lipinski definition) is 2. The van der Waals surface area contributed by atoms with E-state index in [9.17, 15) is 0 Å². The van der Waals surface area contributed by atoms with Crippen LogP contribution in [0.15, 0.2) is 114 Å². The van der Waals surface area contributed by atoms with Gasteiger partial charge in [-0.2, -0.15) is 0 Å². The van der Waals surface area contributed by atoms with Crippen molar-refractivity contribution in [3.8, 4) is 22.4 Å². The van der Waals surface area contributed by atoms with Crippen molar-refractivity contribution in [2.75, 3.05) is 0 Å². The van der Waals surface area contributed by atoms with Gasteiger partial charge in [-0.15, -0.1) is 0 Å². The van der Waals surface area contributed by atoms with Gasteiger partial charge in [0.2, 0.25) is 0 Å². The van der Waals surface area contributed by atoms with Crippen molar-refractivity contribution >= 4 is 22.7 Å². The minimum atomic E-state index is 0.844. The molecule has 2 nitrogen and oxygen atoms in total. The number of hydrogen-bond donors (Lipinski definition) is 0. The molecule has 0 spiro atoms. The van der Waals surface area contributed by atoms with E-state index in [-0.39, 0.29) is 0 Å². The zero-order chi connectivity index (χ0) is 21.0. The Morgan fingerprint density at radius 2 is 1.42 bits per heavy atom. The molecule has 1 aromatic heterocycles. The van der Waals surface area contributed by atoms with Crippen molar-refractivity contribution in [3.05, 3.63) is 120 Å². The van der Waals surface area contributed by atoms with Gasteiger partial charge in [0, 0.05) is 16.5 Å². The summed E-state index contributed by atoms with van der Waals surface area (Å²) in [6.07, 6.45) is 1.87. The lowest BCUT2D eigenvalue weighted by Crippen LogP contribution is -1.93. The average molecular weight is 399 g/mol. The molecule has 0 aliphatic heterocycles. The highest BCUT2D eigenvalue weighted by atomic mass is 14.8. The van der Waals surface area contributed by atoms with E-state index in [0.29, 0.717) is 0 Å². The van der Waals surface area contributed by atoms with E-state index in [1.165, 1.54) is 11.1 Å². The summed E-state index contributed by atoms with van der Waals surface area (Å²) in [6, 6.07) is 37.5. The summed E-state index contributed by atoms with van der Waals surface area (Å²) in [4.78, 5) is 9.79. The first-order valence-electron chi connectivity index (χ1n) is 10.4. The zero-order valence-electron chi connectivity index (χ0n) is 17.4. The van der Waals surface area contributed by atoms with Gasteiger partial charge in [0.25, 0.3) is 0 Å². The van der Waals surface area contributed by atoms with Crippen LogP contribution in [0.4, 0.5) is 5.69 Å². The van der Waals surface area contributed by atoms with Crippen molar-refractivity contribution < 1.29 is 0 Å². The zero-order valence-corrected chi connectivity index (χ0v) is 17.4. The van der Waals surface area contributed by atoms with Gasteiger partial charge >= 0.3 is 0 Å². The van der Waals surface area contributed by atoms with E-state index in [2.05, 4.69) is 85.8 Å². The lowest BCUT2D eigenvalue weighted by atomic mass is 10.0. The maximum Gasteiger partial charge on any atom is 0.0826 e. The molecule has 2 heteroatoms. The molecular formula is C29H22N2. The van der Waals surface area contributed by atoms with Crippen molar-refractivity contribution in [2.45, 2.75) is 6.92 Å². The number of fused-ring (bicyclic) bond motifs is 1. The van der Waals surface area contributed by atoms with Crippen molar-refractivity contribution in [2.24, 2.45) is 4.99 Å². The normalized spacial score (nSPS) is 11.3. The maximum absolute atomic E-state index is 4.95. The van der Waals surface area contributed by atoms with Crippen LogP contribution >= 0.6 is 0 Å². The Bertz CT molecular complexity index is 1380. The van der Waals surface area contributed by atoms with E-state index in [1.54, 1.807) is 0 Å². The average Bonchev–Trinajstić information content (AvgIpc) is 2.83. The molecule has 0 saturated heterocycles. The van der Waals surface area contributed by atoms with Gasteiger partial charge in [-0.1, -0.05) is 103 Å². The van der Waals surface area contributed by atoms with E-state index in [1.807, 2.05) is 36.5 Å². The Labute approximate surface area is 182 Å². The first-order chi connectivity index (χ1) is 15.3. The van der Waals surface area contributed by atoms with Crippen molar-refractivity contribution in [1.82, 2.24) is 4.98 Å². The van der Waals surface area contributed by atoms with Crippen molar-refractivity contribution in [1.29, 1.82) is 0 Å². The highest BCUT2D eigenvalue weighted by Gasteiger charge is 2.08. The number of aryl methyl sites for hydroxylation is 1. The Morgan fingerprint density at radius 3 is 2.29 bits per heavy atom. The lowest BCUT2D eigenvalue weighted by Gasteiger charge is -2.09. The molecule has 0 bridgehead atoms. The van der Waals surface area contributed by atoms with Crippen LogP contribution in [0.2, 0.25) is 0 Å². The van der Waals surface area contributed by atoms with Crippen LogP contribution in [0, 0.1) is 6.92 Å². The molecule has 31 heavy (non-hydrogen) atoms. The van der Waals surface area contributed by atoms with Crippen LogP contribution < -0.4 is 0 Å². The second kappa shape index (κ2) is 8.37. The highest BCUT2D eigenvalue weighted by molar-refractivity contribution is 5.98. The molecule has 0 aliphatic rings. The second-order valence-corrected chi connectivity index (χ2v) is 7.63. The van der Waals surface area contributed by atoms with Gasteiger partial charge < -0.3 is 0 Å². The molecule has 148 valence electrons. The summed E-state index contributed by atoms with van der Waals surface area (Å²) in [5.74, 6) is 0. The molecular weight excluding hydrogens is 376 g/mol. The van der Waals surface area contributed by atoms with E-state index in [0.717, 1.165) is 39.0 Å². The van der Waals surface area contributed by atoms with Gasteiger partial charge in [0.1, 0.15) is 0 Å². The molecule has 0 amide bonds. The van der Waals surface area contributed by atoms with Crippen molar-refractivity contribution in [3.63, 3.8) is 0 Å². The predicted molar refractivity (Wildman–Crippen MR) is 131 cm³/mol. The fourth-order valence-corrected chi connectivity index (χ4v) is 3.88. The summed E-state index contributed by atoms with van der Waals surface area (Å²) in [6.45, 7) is 2.11. The quantitative estimate of drug-likeness (QED) is 0.286. The monoisotopic (exact) mass is 398 g/mol. The molecule has 0 saturated carbocycles. The first-order valence-corrected chi connectivity index (χ1v) is 10.4. The summed E-state index contributed by atoms with van der Waals surface area (Å²) >= 11 is 0. The van der Waals surface area contributed by atoms with Gasteiger partial charge in [0.15, 0.2) is 0 Å². The Morgan fingerprint density at radius 1 is 0.677 bits per heavy atom. The Balaban J connectivity index is 1.60. The third-order valence-electron chi connectivity index (χ3n) is 5.38. The number of aliphatic imine (C=N–C) groups is 1. The van der Waals surface area contributed by atoms with Crippen LogP contribution in [0.25, 0.3) is 33.2 Å². The SMILES string of the molecule is Cc1cccc(-c2ccccc2N=Cc2cc3ccccc3c(-c3ccccc3)n2)c1. The summed E-state index contributed by atoms with van der Waals surface area (Å²) < 4.78 is 0. The van der Waals surface area contributed by atoms with Gasteiger partial charge in [-0.25, -0.2) is 4.98 Å². The summed E-state index contributed by atoms with van der Waals surface area (Å²) in [5.41, 5.74) is 7.39. The third-order valence-corrected chi connectivity index (χ3v) is 5.38. The molecule has 0 radical (unpaired) electrons. The van der Waals surface area contributed by atoms with E-state index >= 15 is 0 Å². The molecule has 4 aromatic carbocycles. The number of aromatic nitrogens is 1.